The smallest absolute Gasteiger partial charge is 0.224 e. The predicted octanol–water partition coefficient (Wildman–Crippen LogP) is 2.98. The summed E-state index contributed by atoms with van der Waals surface area (Å²) in [7, 11) is 0. The van der Waals surface area contributed by atoms with E-state index in [9.17, 15) is 4.79 Å². The van der Waals surface area contributed by atoms with Gasteiger partial charge in [-0.25, -0.2) is 0 Å². The molecule has 0 aliphatic carbocycles. The molecule has 22 heavy (non-hydrogen) atoms. The van der Waals surface area contributed by atoms with Crippen LogP contribution in [0.15, 0.2) is 24.3 Å². The number of nitrogens with two attached hydrogens (primary N) is 1. The molecule has 0 saturated carbocycles. The van der Waals surface area contributed by atoms with Crippen LogP contribution in [0.1, 0.15) is 45.1 Å². The first-order valence-corrected chi connectivity index (χ1v) is 8.39. The van der Waals surface area contributed by atoms with E-state index >= 15 is 0 Å². The topological polar surface area (TPSA) is 58.4 Å². The van der Waals surface area contributed by atoms with Crippen molar-refractivity contribution in [2.24, 2.45) is 11.7 Å². The number of nitrogens with zero attached hydrogens (tertiary/aromatic N) is 1. The Hall–Kier alpha value is -1.39. The normalized spacial score (nSPS) is 20.6. The molecule has 1 aromatic carbocycles. The summed E-state index contributed by atoms with van der Waals surface area (Å²) >= 11 is 0. The molecule has 122 valence electrons. The molecule has 2 unspecified atom stereocenters. The highest BCUT2D eigenvalue weighted by atomic mass is 16.1. The van der Waals surface area contributed by atoms with Crippen LogP contribution >= 0.6 is 0 Å². The van der Waals surface area contributed by atoms with Crippen LogP contribution in [0.4, 0.5) is 5.69 Å². The van der Waals surface area contributed by atoms with Crippen molar-refractivity contribution in [3.05, 3.63) is 29.8 Å². The number of piperidine rings is 1. The highest BCUT2D eigenvalue weighted by molar-refractivity contribution is 5.90. The monoisotopic (exact) mass is 303 g/mol. The number of likely N-dealkylation sites (tertiary alicyclic amines) is 1. The summed E-state index contributed by atoms with van der Waals surface area (Å²) in [5.41, 5.74) is 7.84. The van der Waals surface area contributed by atoms with Gasteiger partial charge in [-0.1, -0.05) is 19.1 Å². The third kappa shape index (κ3) is 5.78. The van der Waals surface area contributed by atoms with Gasteiger partial charge in [0.2, 0.25) is 5.91 Å². The first-order chi connectivity index (χ1) is 10.5. The van der Waals surface area contributed by atoms with Gasteiger partial charge in [-0.2, -0.15) is 0 Å². The molecule has 1 aliphatic heterocycles. The lowest BCUT2D eigenvalue weighted by Gasteiger charge is -2.30. The number of anilines is 1. The second kappa shape index (κ2) is 8.30. The van der Waals surface area contributed by atoms with Crippen LogP contribution in [-0.2, 0) is 11.3 Å². The van der Waals surface area contributed by atoms with Crippen molar-refractivity contribution in [1.29, 1.82) is 0 Å². The van der Waals surface area contributed by atoms with Crippen molar-refractivity contribution < 1.29 is 4.79 Å². The number of benzene rings is 1. The second-order valence-electron chi connectivity index (χ2n) is 6.74. The average Bonchev–Trinajstić information content (AvgIpc) is 2.47. The van der Waals surface area contributed by atoms with Crippen molar-refractivity contribution in [1.82, 2.24) is 4.90 Å². The lowest BCUT2D eigenvalue weighted by molar-refractivity contribution is -0.116. The van der Waals surface area contributed by atoms with Crippen molar-refractivity contribution >= 4 is 11.6 Å². The van der Waals surface area contributed by atoms with Gasteiger partial charge in [0.05, 0.1) is 0 Å². The van der Waals surface area contributed by atoms with Gasteiger partial charge in [-0.05, 0) is 56.3 Å². The summed E-state index contributed by atoms with van der Waals surface area (Å²) < 4.78 is 0. The molecule has 1 aliphatic rings. The summed E-state index contributed by atoms with van der Waals surface area (Å²) in [5.74, 6) is 0.840. The van der Waals surface area contributed by atoms with Crippen molar-refractivity contribution in [2.45, 2.75) is 52.1 Å². The van der Waals surface area contributed by atoms with E-state index in [1.807, 2.05) is 19.1 Å². The number of carbonyl (C=O) groups excluding carboxylic acids is 1. The van der Waals surface area contributed by atoms with E-state index in [-0.39, 0.29) is 11.9 Å². The molecule has 4 heteroatoms. The van der Waals surface area contributed by atoms with E-state index in [1.54, 1.807) is 0 Å². The average molecular weight is 303 g/mol. The quantitative estimate of drug-likeness (QED) is 0.849. The van der Waals surface area contributed by atoms with Gasteiger partial charge in [0, 0.05) is 31.2 Å². The fraction of sp³-hybridized carbons (Fsp3) is 0.611. The minimum atomic E-state index is 0.0369. The van der Waals surface area contributed by atoms with E-state index in [0.29, 0.717) is 6.42 Å². The minimum absolute atomic E-state index is 0.0369. The Morgan fingerprint density at radius 1 is 1.41 bits per heavy atom. The van der Waals surface area contributed by atoms with Gasteiger partial charge in [0.15, 0.2) is 0 Å². The molecule has 2 rings (SSSR count). The van der Waals surface area contributed by atoms with Crippen LogP contribution in [-0.4, -0.2) is 29.9 Å². The molecule has 2 atom stereocenters. The first kappa shape index (κ1) is 17.0. The van der Waals surface area contributed by atoms with Crippen LogP contribution in [0, 0.1) is 5.92 Å². The molecule has 4 nitrogen and oxygen atoms in total. The van der Waals surface area contributed by atoms with Gasteiger partial charge < -0.3 is 11.1 Å². The van der Waals surface area contributed by atoms with Crippen LogP contribution in [0.3, 0.4) is 0 Å². The molecule has 1 aromatic rings. The number of amides is 1. The molecule has 1 amide bonds. The van der Waals surface area contributed by atoms with E-state index in [4.69, 9.17) is 5.73 Å². The fourth-order valence-corrected chi connectivity index (χ4v) is 2.96. The van der Waals surface area contributed by atoms with Gasteiger partial charge >= 0.3 is 0 Å². The summed E-state index contributed by atoms with van der Waals surface area (Å²) in [6.07, 6.45) is 3.85. The zero-order valence-electron chi connectivity index (χ0n) is 13.8. The Morgan fingerprint density at radius 3 is 2.77 bits per heavy atom. The maximum atomic E-state index is 11.8. The third-order valence-electron chi connectivity index (χ3n) is 4.21. The van der Waals surface area contributed by atoms with E-state index in [0.717, 1.165) is 24.6 Å². The van der Waals surface area contributed by atoms with Crippen molar-refractivity contribution in [2.75, 3.05) is 18.4 Å². The van der Waals surface area contributed by atoms with Gasteiger partial charge in [0.1, 0.15) is 0 Å². The molecule has 0 aromatic heterocycles. The van der Waals surface area contributed by atoms with Crippen LogP contribution in [0.2, 0.25) is 0 Å². The van der Waals surface area contributed by atoms with Crippen LogP contribution < -0.4 is 11.1 Å². The Kier molecular flexibility index (Phi) is 6.40. The van der Waals surface area contributed by atoms with Crippen molar-refractivity contribution in [3.63, 3.8) is 0 Å². The molecule has 1 heterocycles. The largest absolute Gasteiger partial charge is 0.328 e. The minimum Gasteiger partial charge on any atom is -0.328 e. The number of nitrogens with one attached hydrogen (secondary N) is 1. The highest BCUT2D eigenvalue weighted by Gasteiger charge is 2.16. The zero-order chi connectivity index (χ0) is 15.9. The molecule has 0 bridgehead atoms. The molecular formula is C18H29N3O. The Bertz CT molecular complexity index is 470. The standard InChI is InChI=1S/C18H29N3O/c1-14-4-3-11-21(12-14)13-16-6-8-17(9-7-16)20-18(22)10-5-15(2)19/h6-9,14-15H,3-5,10-13,19H2,1-2H3,(H,20,22). The summed E-state index contributed by atoms with van der Waals surface area (Å²) in [4.78, 5) is 14.3. The molecule has 0 radical (unpaired) electrons. The maximum Gasteiger partial charge on any atom is 0.224 e. The third-order valence-corrected chi connectivity index (χ3v) is 4.21. The lowest BCUT2D eigenvalue weighted by atomic mass is 10.00. The van der Waals surface area contributed by atoms with Gasteiger partial charge in [-0.15, -0.1) is 0 Å². The number of hydrogen-bond acceptors (Lipinski definition) is 3. The molecule has 0 spiro atoms. The summed E-state index contributed by atoms with van der Waals surface area (Å²) in [5, 5.41) is 2.93. The van der Waals surface area contributed by atoms with Crippen LogP contribution in [0.5, 0.6) is 0 Å². The predicted molar refractivity (Wildman–Crippen MR) is 91.6 cm³/mol. The fourth-order valence-electron chi connectivity index (χ4n) is 2.96. The highest BCUT2D eigenvalue weighted by Crippen LogP contribution is 2.18. The van der Waals surface area contributed by atoms with Gasteiger partial charge in [-0.3, -0.25) is 9.69 Å². The Labute approximate surface area is 134 Å². The molecule has 1 saturated heterocycles. The number of carbonyl (C=O) groups is 1. The maximum absolute atomic E-state index is 11.8. The SMILES string of the molecule is CC(N)CCC(=O)Nc1ccc(CN2CCCC(C)C2)cc1. The summed E-state index contributed by atoms with van der Waals surface area (Å²) in [6.45, 7) is 7.63. The second-order valence-corrected chi connectivity index (χ2v) is 6.74. The molecule has 1 fully saturated rings. The van der Waals surface area contributed by atoms with Crippen molar-refractivity contribution in [3.8, 4) is 0 Å². The van der Waals surface area contributed by atoms with E-state index < -0.39 is 0 Å². The number of rotatable bonds is 6. The molecular weight excluding hydrogens is 274 g/mol. The molecule has 3 N–H and O–H groups in total. The van der Waals surface area contributed by atoms with Gasteiger partial charge in [0.25, 0.3) is 0 Å². The lowest BCUT2D eigenvalue weighted by Crippen LogP contribution is -2.33. The van der Waals surface area contributed by atoms with Crippen LogP contribution in [0.25, 0.3) is 0 Å². The zero-order valence-corrected chi connectivity index (χ0v) is 13.8. The van der Waals surface area contributed by atoms with E-state index in [1.165, 1.54) is 31.5 Å². The first-order valence-electron chi connectivity index (χ1n) is 8.39. The Balaban J connectivity index is 1.81. The number of hydrogen-bond donors (Lipinski definition) is 2. The van der Waals surface area contributed by atoms with E-state index in [2.05, 4.69) is 29.3 Å². The Morgan fingerprint density at radius 2 is 2.14 bits per heavy atom. The summed E-state index contributed by atoms with van der Waals surface area (Å²) in [6, 6.07) is 8.28.